The molecule has 0 aliphatic rings. The van der Waals surface area contributed by atoms with Crippen LogP contribution in [-0.2, 0) is 5.88 Å². The lowest BCUT2D eigenvalue weighted by Crippen LogP contribution is -2.02. The minimum atomic E-state index is 0.361. The molecule has 3 aromatic rings. The van der Waals surface area contributed by atoms with Gasteiger partial charge in [-0.2, -0.15) is 0 Å². The van der Waals surface area contributed by atoms with Gasteiger partial charge in [0.05, 0.1) is 22.6 Å². The second kappa shape index (κ2) is 5.12. The molecule has 0 aliphatic heterocycles. The van der Waals surface area contributed by atoms with Gasteiger partial charge >= 0.3 is 0 Å². The average Bonchev–Trinajstić information content (AvgIpc) is 2.79. The molecular weight excluding hydrogens is 291 g/mol. The molecule has 0 radical (unpaired) electrons. The highest BCUT2D eigenvalue weighted by molar-refractivity contribution is 6.31. The highest BCUT2D eigenvalue weighted by Gasteiger charge is 2.14. The summed E-state index contributed by atoms with van der Waals surface area (Å²) in [5.41, 5.74) is 5.46. The lowest BCUT2D eigenvalue weighted by molar-refractivity contribution is 0.969. The van der Waals surface area contributed by atoms with E-state index in [1.807, 2.05) is 24.3 Å². The lowest BCUT2D eigenvalue weighted by atomic mass is 10.1. The van der Waals surface area contributed by atoms with Crippen molar-refractivity contribution >= 4 is 34.2 Å². The summed E-state index contributed by atoms with van der Waals surface area (Å²) >= 11 is 12.2. The van der Waals surface area contributed by atoms with E-state index in [0.29, 0.717) is 10.9 Å². The predicted octanol–water partition coefficient (Wildman–Crippen LogP) is 5.03. The first-order valence-electron chi connectivity index (χ1n) is 6.41. The van der Waals surface area contributed by atoms with E-state index in [0.717, 1.165) is 22.5 Å². The van der Waals surface area contributed by atoms with E-state index < -0.39 is 0 Å². The number of fused-ring (bicyclic) bond motifs is 1. The number of halogens is 2. The number of nitrogens with zero attached hydrogens (tertiary/aromatic N) is 2. The molecule has 0 spiro atoms. The van der Waals surface area contributed by atoms with Gasteiger partial charge in [0.15, 0.2) is 0 Å². The molecule has 2 aromatic carbocycles. The fourth-order valence-corrected chi connectivity index (χ4v) is 2.78. The largest absolute Gasteiger partial charge is 0.295 e. The topological polar surface area (TPSA) is 17.8 Å². The molecule has 0 saturated heterocycles. The van der Waals surface area contributed by atoms with Gasteiger partial charge < -0.3 is 0 Å². The molecule has 1 aromatic heterocycles. The maximum absolute atomic E-state index is 6.13. The van der Waals surface area contributed by atoms with Crippen LogP contribution in [-0.4, -0.2) is 9.55 Å². The van der Waals surface area contributed by atoms with Crippen LogP contribution < -0.4 is 0 Å². The molecule has 102 valence electrons. The van der Waals surface area contributed by atoms with E-state index in [2.05, 4.69) is 35.5 Å². The molecule has 3 rings (SSSR count). The average molecular weight is 305 g/mol. The number of alkyl halides is 1. The van der Waals surface area contributed by atoms with Gasteiger partial charge in [0.25, 0.3) is 0 Å². The SMILES string of the molecule is Cc1cccc(-n2c(CCl)nc3ccc(Cl)cc32)c1C. The van der Waals surface area contributed by atoms with Crippen LogP contribution in [0.2, 0.25) is 5.02 Å². The highest BCUT2D eigenvalue weighted by Crippen LogP contribution is 2.27. The van der Waals surface area contributed by atoms with Crippen LogP contribution in [0.3, 0.4) is 0 Å². The molecular formula is C16H14Cl2N2. The van der Waals surface area contributed by atoms with Crippen molar-refractivity contribution in [2.45, 2.75) is 19.7 Å². The number of imidazole rings is 1. The van der Waals surface area contributed by atoms with Gasteiger partial charge in [-0.3, -0.25) is 4.57 Å². The van der Waals surface area contributed by atoms with Crippen molar-refractivity contribution in [3.05, 3.63) is 58.4 Å². The fourth-order valence-electron chi connectivity index (χ4n) is 2.43. The van der Waals surface area contributed by atoms with Crippen LogP contribution >= 0.6 is 23.2 Å². The van der Waals surface area contributed by atoms with Gasteiger partial charge in [0.1, 0.15) is 5.82 Å². The lowest BCUT2D eigenvalue weighted by Gasteiger charge is -2.13. The summed E-state index contributed by atoms with van der Waals surface area (Å²) in [4.78, 5) is 4.59. The Morgan fingerprint density at radius 1 is 1.15 bits per heavy atom. The Labute approximate surface area is 128 Å². The van der Waals surface area contributed by atoms with E-state index in [1.165, 1.54) is 11.1 Å². The van der Waals surface area contributed by atoms with Gasteiger partial charge in [0.2, 0.25) is 0 Å². The van der Waals surface area contributed by atoms with E-state index >= 15 is 0 Å². The van der Waals surface area contributed by atoms with Crippen LogP contribution in [0.5, 0.6) is 0 Å². The standard InChI is InChI=1S/C16H14Cl2N2/c1-10-4-3-5-14(11(10)2)20-15-8-12(18)6-7-13(15)19-16(20)9-17/h3-8H,9H2,1-2H3. The maximum atomic E-state index is 6.13. The molecule has 0 fully saturated rings. The van der Waals surface area contributed by atoms with E-state index in [9.17, 15) is 0 Å². The third-order valence-electron chi connectivity index (χ3n) is 3.62. The number of hydrogen-bond acceptors (Lipinski definition) is 1. The molecule has 0 amide bonds. The van der Waals surface area contributed by atoms with Gasteiger partial charge in [-0.15, -0.1) is 11.6 Å². The summed E-state index contributed by atoms with van der Waals surface area (Å²) in [7, 11) is 0. The number of hydrogen-bond donors (Lipinski definition) is 0. The third kappa shape index (κ3) is 2.09. The van der Waals surface area contributed by atoms with Crippen molar-refractivity contribution < 1.29 is 0 Å². The number of aromatic nitrogens is 2. The smallest absolute Gasteiger partial charge is 0.129 e. The maximum Gasteiger partial charge on any atom is 0.129 e. The Balaban J connectivity index is 2.39. The Hall–Kier alpha value is -1.51. The first-order chi connectivity index (χ1) is 9.61. The van der Waals surface area contributed by atoms with Crippen molar-refractivity contribution in [1.82, 2.24) is 9.55 Å². The van der Waals surface area contributed by atoms with Gasteiger partial charge in [0, 0.05) is 5.02 Å². The first-order valence-corrected chi connectivity index (χ1v) is 7.32. The number of rotatable bonds is 2. The molecule has 0 saturated carbocycles. The van der Waals surface area contributed by atoms with Gasteiger partial charge in [-0.05, 0) is 49.2 Å². The van der Waals surface area contributed by atoms with Crippen LogP contribution in [0.25, 0.3) is 16.7 Å². The van der Waals surface area contributed by atoms with Crippen LogP contribution in [0.1, 0.15) is 17.0 Å². The molecule has 4 heteroatoms. The Morgan fingerprint density at radius 3 is 2.70 bits per heavy atom. The summed E-state index contributed by atoms with van der Waals surface area (Å²) < 4.78 is 2.09. The quantitative estimate of drug-likeness (QED) is 0.607. The predicted molar refractivity (Wildman–Crippen MR) is 85.1 cm³/mol. The summed E-state index contributed by atoms with van der Waals surface area (Å²) in [6, 6.07) is 11.9. The van der Waals surface area contributed by atoms with Crippen molar-refractivity contribution in [2.75, 3.05) is 0 Å². The Bertz CT molecular complexity index is 791. The highest BCUT2D eigenvalue weighted by atomic mass is 35.5. The molecule has 1 heterocycles. The van der Waals surface area contributed by atoms with E-state index in [4.69, 9.17) is 23.2 Å². The molecule has 0 aliphatic carbocycles. The molecule has 0 N–H and O–H groups in total. The van der Waals surface area contributed by atoms with Crippen LogP contribution in [0.15, 0.2) is 36.4 Å². The third-order valence-corrected chi connectivity index (χ3v) is 4.10. The van der Waals surface area contributed by atoms with Crippen LogP contribution in [0, 0.1) is 13.8 Å². The second-order valence-electron chi connectivity index (χ2n) is 4.85. The summed E-state index contributed by atoms with van der Waals surface area (Å²) in [6.07, 6.45) is 0. The second-order valence-corrected chi connectivity index (χ2v) is 5.55. The normalized spacial score (nSPS) is 11.2. The molecule has 2 nitrogen and oxygen atoms in total. The molecule has 0 atom stereocenters. The first kappa shape index (κ1) is 13.5. The van der Waals surface area contributed by atoms with Crippen molar-refractivity contribution in [3.63, 3.8) is 0 Å². The fraction of sp³-hybridized carbons (Fsp3) is 0.188. The Morgan fingerprint density at radius 2 is 1.95 bits per heavy atom. The van der Waals surface area contributed by atoms with E-state index in [-0.39, 0.29) is 0 Å². The zero-order chi connectivity index (χ0) is 14.3. The van der Waals surface area contributed by atoms with Crippen molar-refractivity contribution in [2.24, 2.45) is 0 Å². The molecule has 0 bridgehead atoms. The Kier molecular flexibility index (Phi) is 3.45. The monoisotopic (exact) mass is 304 g/mol. The van der Waals surface area contributed by atoms with Crippen molar-refractivity contribution in [1.29, 1.82) is 0 Å². The summed E-state index contributed by atoms with van der Waals surface area (Å²) in [6.45, 7) is 4.21. The molecule has 0 unspecified atom stereocenters. The van der Waals surface area contributed by atoms with E-state index in [1.54, 1.807) is 0 Å². The zero-order valence-corrected chi connectivity index (χ0v) is 12.8. The number of benzene rings is 2. The minimum Gasteiger partial charge on any atom is -0.295 e. The van der Waals surface area contributed by atoms with Crippen molar-refractivity contribution in [3.8, 4) is 5.69 Å². The van der Waals surface area contributed by atoms with Gasteiger partial charge in [-0.1, -0.05) is 23.7 Å². The summed E-state index contributed by atoms with van der Waals surface area (Å²) in [5, 5.41) is 0.699. The number of aryl methyl sites for hydroxylation is 1. The zero-order valence-electron chi connectivity index (χ0n) is 11.3. The summed E-state index contributed by atoms with van der Waals surface area (Å²) in [5.74, 6) is 1.19. The molecule has 20 heavy (non-hydrogen) atoms. The van der Waals surface area contributed by atoms with Gasteiger partial charge in [-0.25, -0.2) is 4.98 Å². The van der Waals surface area contributed by atoms with Crippen LogP contribution in [0.4, 0.5) is 0 Å². The minimum absolute atomic E-state index is 0.361.